The van der Waals surface area contributed by atoms with Crippen molar-refractivity contribution in [1.29, 1.82) is 0 Å². The van der Waals surface area contributed by atoms with Gasteiger partial charge in [-0.2, -0.15) is 0 Å². The summed E-state index contributed by atoms with van der Waals surface area (Å²) in [5.74, 6) is -0.521. The summed E-state index contributed by atoms with van der Waals surface area (Å²) < 4.78 is 5.76. The average molecular weight is 332 g/mol. The number of esters is 1. The molecule has 1 aromatic rings. The Morgan fingerprint density at radius 3 is 2.89 bits per heavy atom. The maximum Gasteiger partial charge on any atom is 0.307 e. The number of hydrogen-bond acceptors (Lipinski definition) is 4. The fraction of sp³-hybridized carbons (Fsp3) is 0.333. The second-order valence-corrected chi connectivity index (χ2v) is 5.82. The standard InChI is InChI=1S/C12H14BrNO3S/c1-2-17-12(16)7-8-14-11(15)6-4-9-3-5-10(13)18-9/h3-6H,2,7-8H2,1H3,(H,14,15)/b6-4+. The lowest BCUT2D eigenvalue weighted by atomic mass is 10.4. The minimum Gasteiger partial charge on any atom is -0.466 e. The van der Waals surface area contributed by atoms with Crippen LogP contribution in [0, 0.1) is 0 Å². The molecule has 4 nitrogen and oxygen atoms in total. The molecule has 0 aliphatic heterocycles. The van der Waals surface area contributed by atoms with Crippen molar-refractivity contribution in [2.75, 3.05) is 13.2 Å². The van der Waals surface area contributed by atoms with Crippen molar-refractivity contribution in [3.05, 3.63) is 26.9 Å². The fourth-order valence-electron chi connectivity index (χ4n) is 1.16. The summed E-state index contributed by atoms with van der Waals surface area (Å²) >= 11 is 4.89. The maximum atomic E-state index is 11.4. The molecule has 0 aliphatic carbocycles. The van der Waals surface area contributed by atoms with E-state index in [4.69, 9.17) is 4.74 Å². The van der Waals surface area contributed by atoms with E-state index in [0.29, 0.717) is 6.61 Å². The first-order valence-electron chi connectivity index (χ1n) is 5.48. The van der Waals surface area contributed by atoms with E-state index in [1.165, 1.54) is 6.08 Å². The molecule has 6 heteroatoms. The van der Waals surface area contributed by atoms with Crippen LogP contribution in [0.15, 0.2) is 22.0 Å². The fourth-order valence-corrected chi connectivity index (χ4v) is 2.48. The summed E-state index contributed by atoms with van der Waals surface area (Å²) in [6.07, 6.45) is 3.37. The highest BCUT2D eigenvalue weighted by Crippen LogP contribution is 2.22. The van der Waals surface area contributed by atoms with E-state index in [9.17, 15) is 9.59 Å². The molecule has 0 unspecified atom stereocenters. The molecular formula is C12H14BrNO3S. The monoisotopic (exact) mass is 331 g/mol. The van der Waals surface area contributed by atoms with Crippen LogP contribution < -0.4 is 5.32 Å². The minimum absolute atomic E-state index is 0.192. The van der Waals surface area contributed by atoms with E-state index in [1.54, 1.807) is 24.3 Å². The molecule has 0 atom stereocenters. The van der Waals surface area contributed by atoms with Gasteiger partial charge in [0.1, 0.15) is 0 Å². The predicted octanol–water partition coefficient (Wildman–Crippen LogP) is 2.59. The van der Waals surface area contributed by atoms with Gasteiger partial charge in [0, 0.05) is 17.5 Å². The highest BCUT2D eigenvalue weighted by atomic mass is 79.9. The van der Waals surface area contributed by atoms with Crippen LogP contribution in [0.25, 0.3) is 6.08 Å². The molecule has 0 saturated carbocycles. The lowest BCUT2D eigenvalue weighted by Crippen LogP contribution is -2.24. The molecule has 1 amide bonds. The Bertz CT molecular complexity index is 442. The molecule has 18 heavy (non-hydrogen) atoms. The van der Waals surface area contributed by atoms with Gasteiger partial charge in [-0.3, -0.25) is 9.59 Å². The molecule has 0 saturated heterocycles. The molecule has 98 valence electrons. The molecule has 0 aromatic carbocycles. The van der Waals surface area contributed by atoms with Crippen molar-refractivity contribution in [3.63, 3.8) is 0 Å². The summed E-state index contributed by atoms with van der Waals surface area (Å²) in [5.41, 5.74) is 0. The average Bonchev–Trinajstić information content (AvgIpc) is 2.73. The van der Waals surface area contributed by atoms with Crippen LogP contribution in [-0.4, -0.2) is 25.0 Å². The van der Waals surface area contributed by atoms with E-state index in [-0.39, 0.29) is 24.8 Å². The third-order valence-corrected chi connectivity index (χ3v) is 3.52. The molecule has 1 N–H and O–H groups in total. The van der Waals surface area contributed by atoms with Gasteiger partial charge in [0.05, 0.1) is 16.8 Å². The van der Waals surface area contributed by atoms with Gasteiger partial charge in [-0.1, -0.05) is 0 Å². The van der Waals surface area contributed by atoms with Gasteiger partial charge in [0.15, 0.2) is 0 Å². The van der Waals surface area contributed by atoms with Gasteiger partial charge in [0.25, 0.3) is 0 Å². The van der Waals surface area contributed by atoms with Gasteiger partial charge >= 0.3 is 5.97 Å². The Kier molecular flexibility index (Phi) is 6.67. The van der Waals surface area contributed by atoms with E-state index in [2.05, 4.69) is 21.2 Å². The van der Waals surface area contributed by atoms with Crippen LogP contribution in [0.4, 0.5) is 0 Å². The smallest absolute Gasteiger partial charge is 0.307 e. The largest absolute Gasteiger partial charge is 0.466 e. The number of ether oxygens (including phenoxy) is 1. The number of carbonyl (C=O) groups is 2. The zero-order chi connectivity index (χ0) is 13.4. The number of rotatable bonds is 6. The summed E-state index contributed by atoms with van der Waals surface area (Å²) in [5, 5.41) is 2.62. The quantitative estimate of drug-likeness (QED) is 0.643. The summed E-state index contributed by atoms with van der Waals surface area (Å²) in [7, 11) is 0. The van der Waals surface area contributed by atoms with E-state index in [0.717, 1.165) is 8.66 Å². The van der Waals surface area contributed by atoms with Crippen molar-refractivity contribution in [3.8, 4) is 0 Å². The molecule has 0 spiro atoms. The van der Waals surface area contributed by atoms with Crippen LogP contribution in [0.2, 0.25) is 0 Å². The first kappa shape index (κ1) is 14.9. The van der Waals surface area contributed by atoms with Gasteiger partial charge < -0.3 is 10.1 Å². The predicted molar refractivity (Wildman–Crippen MR) is 75.3 cm³/mol. The first-order chi connectivity index (χ1) is 8.61. The van der Waals surface area contributed by atoms with Crippen molar-refractivity contribution in [1.82, 2.24) is 5.32 Å². The SMILES string of the molecule is CCOC(=O)CCNC(=O)/C=C/c1ccc(Br)s1. The number of thiophene rings is 1. The van der Waals surface area contributed by atoms with Crippen LogP contribution in [0.3, 0.4) is 0 Å². The Morgan fingerprint density at radius 1 is 1.50 bits per heavy atom. The lowest BCUT2D eigenvalue weighted by Gasteiger charge is -2.02. The molecule has 1 heterocycles. The molecular weight excluding hydrogens is 318 g/mol. The zero-order valence-corrected chi connectivity index (χ0v) is 12.3. The van der Waals surface area contributed by atoms with Gasteiger partial charge in [-0.05, 0) is 41.1 Å². The highest BCUT2D eigenvalue weighted by molar-refractivity contribution is 9.11. The minimum atomic E-state index is -0.302. The second kappa shape index (κ2) is 8.05. The molecule has 0 bridgehead atoms. The van der Waals surface area contributed by atoms with Crippen molar-refractivity contribution >= 4 is 45.2 Å². The third-order valence-electron chi connectivity index (χ3n) is 1.93. The van der Waals surface area contributed by atoms with Crippen molar-refractivity contribution in [2.24, 2.45) is 0 Å². The molecule has 0 radical (unpaired) electrons. The molecule has 0 fully saturated rings. The van der Waals surface area contributed by atoms with Crippen LogP contribution in [-0.2, 0) is 14.3 Å². The normalized spacial score (nSPS) is 10.6. The zero-order valence-electron chi connectivity index (χ0n) is 9.94. The number of amides is 1. The first-order valence-corrected chi connectivity index (χ1v) is 7.09. The highest BCUT2D eigenvalue weighted by Gasteiger charge is 2.02. The van der Waals surface area contributed by atoms with E-state index >= 15 is 0 Å². The van der Waals surface area contributed by atoms with Gasteiger partial charge in [-0.15, -0.1) is 11.3 Å². The van der Waals surface area contributed by atoms with Crippen molar-refractivity contribution < 1.29 is 14.3 Å². The van der Waals surface area contributed by atoms with Crippen LogP contribution >= 0.6 is 27.3 Å². The van der Waals surface area contributed by atoms with E-state index < -0.39 is 0 Å². The molecule has 1 aromatic heterocycles. The number of nitrogens with one attached hydrogen (secondary N) is 1. The maximum absolute atomic E-state index is 11.4. The topological polar surface area (TPSA) is 55.4 Å². The Labute approximate surface area is 118 Å². The summed E-state index contributed by atoms with van der Waals surface area (Å²) in [6, 6.07) is 3.83. The molecule has 0 aliphatic rings. The number of halogens is 1. The second-order valence-electron chi connectivity index (χ2n) is 3.32. The Morgan fingerprint density at radius 2 is 2.28 bits per heavy atom. The Hall–Kier alpha value is -1.14. The van der Waals surface area contributed by atoms with Gasteiger partial charge in [-0.25, -0.2) is 0 Å². The molecule has 1 rings (SSSR count). The number of carbonyl (C=O) groups excluding carboxylic acids is 2. The lowest BCUT2D eigenvalue weighted by molar-refractivity contribution is -0.142. The van der Waals surface area contributed by atoms with E-state index in [1.807, 2.05) is 12.1 Å². The van der Waals surface area contributed by atoms with Gasteiger partial charge in [0.2, 0.25) is 5.91 Å². The number of hydrogen-bond donors (Lipinski definition) is 1. The third kappa shape index (κ3) is 5.97. The van der Waals surface area contributed by atoms with Crippen LogP contribution in [0.5, 0.6) is 0 Å². The van der Waals surface area contributed by atoms with Crippen molar-refractivity contribution in [2.45, 2.75) is 13.3 Å². The van der Waals surface area contributed by atoms with Crippen LogP contribution in [0.1, 0.15) is 18.2 Å². The summed E-state index contributed by atoms with van der Waals surface area (Å²) in [6.45, 7) is 2.40. The Balaban J connectivity index is 2.25. The summed E-state index contributed by atoms with van der Waals surface area (Å²) in [4.78, 5) is 23.4.